The SMILES string of the molecule is C[C@@H](OC(=O)c1ccc(Cl)c(N)c1)C(=O)Nc1cccc(Cl)c1. The smallest absolute Gasteiger partial charge is 0.338 e. The molecular formula is C16H14Cl2N2O3. The number of nitrogen functional groups attached to an aromatic ring is 1. The van der Waals surface area contributed by atoms with Crippen molar-refractivity contribution in [3.05, 3.63) is 58.1 Å². The minimum atomic E-state index is -0.988. The van der Waals surface area contributed by atoms with Crippen LogP contribution in [0.3, 0.4) is 0 Å². The number of hydrogen-bond donors (Lipinski definition) is 2. The lowest BCUT2D eigenvalue weighted by molar-refractivity contribution is -0.123. The summed E-state index contributed by atoms with van der Waals surface area (Å²) < 4.78 is 5.11. The minimum absolute atomic E-state index is 0.217. The predicted molar refractivity (Wildman–Crippen MR) is 90.8 cm³/mol. The zero-order valence-electron chi connectivity index (χ0n) is 12.2. The quantitative estimate of drug-likeness (QED) is 0.648. The number of nitrogens with one attached hydrogen (secondary N) is 1. The number of ether oxygens (including phenoxy) is 1. The Bertz CT molecular complexity index is 750. The molecule has 1 amide bonds. The second-order valence-corrected chi connectivity index (χ2v) is 5.63. The summed E-state index contributed by atoms with van der Waals surface area (Å²) in [6.45, 7) is 1.47. The van der Waals surface area contributed by atoms with Crippen molar-refractivity contribution in [3.63, 3.8) is 0 Å². The third-order valence-corrected chi connectivity index (χ3v) is 3.56. The fourth-order valence-electron chi connectivity index (χ4n) is 1.76. The molecule has 0 aromatic heterocycles. The van der Waals surface area contributed by atoms with Crippen LogP contribution in [-0.4, -0.2) is 18.0 Å². The lowest BCUT2D eigenvalue weighted by Gasteiger charge is -2.14. The molecule has 0 spiro atoms. The number of anilines is 2. The Balaban J connectivity index is 2.00. The van der Waals surface area contributed by atoms with Crippen LogP contribution in [0.15, 0.2) is 42.5 Å². The number of carbonyl (C=O) groups is 2. The molecule has 0 unspecified atom stereocenters. The first kappa shape index (κ1) is 17.1. The zero-order valence-corrected chi connectivity index (χ0v) is 13.7. The summed E-state index contributed by atoms with van der Waals surface area (Å²) in [5.74, 6) is -1.13. The number of benzene rings is 2. The Morgan fingerprint density at radius 1 is 1.17 bits per heavy atom. The van der Waals surface area contributed by atoms with E-state index >= 15 is 0 Å². The van der Waals surface area contributed by atoms with Crippen LogP contribution in [-0.2, 0) is 9.53 Å². The summed E-state index contributed by atoms with van der Waals surface area (Å²) >= 11 is 11.6. The average molecular weight is 353 g/mol. The van der Waals surface area contributed by atoms with Crippen molar-refractivity contribution in [1.29, 1.82) is 0 Å². The highest BCUT2D eigenvalue weighted by Gasteiger charge is 2.19. The number of amides is 1. The van der Waals surface area contributed by atoms with Gasteiger partial charge in [0.25, 0.3) is 5.91 Å². The monoisotopic (exact) mass is 352 g/mol. The van der Waals surface area contributed by atoms with Crippen LogP contribution in [0.1, 0.15) is 17.3 Å². The Labute approximate surface area is 143 Å². The molecule has 23 heavy (non-hydrogen) atoms. The third-order valence-electron chi connectivity index (χ3n) is 2.98. The van der Waals surface area contributed by atoms with Crippen LogP contribution in [0.4, 0.5) is 11.4 Å². The highest BCUT2D eigenvalue weighted by atomic mass is 35.5. The van der Waals surface area contributed by atoms with E-state index in [0.717, 1.165) is 0 Å². The van der Waals surface area contributed by atoms with Gasteiger partial charge < -0.3 is 15.8 Å². The van der Waals surface area contributed by atoms with Crippen molar-refractivity contribution in [2.45, 2.75) is 13.0 Å². The van der Waals surface area contributed by atoms with Crippen molar-refractivity contribution in [3.8, 4) is 0 Å². The first-order valence-electron chi connectivity index (χ1n) is 6.69. The van der Waals surface area contributed by atoms with Gasteiger partial charge in [-0.25, -0.2) is 4.79 Å². The van der Waals surface area contributed by atoms with E-state index in [9.17, 15) is 9.59 Å². The van der Waals surface area contributed by atoms with Crippen molar-refractivity contribution < 1.29 is 14.3 Å². The molecule has 0 aliphatic heterocycles. The van der Waals surface area contributed by atoms with Gasteiger partial charge >= 0.3 is 5.97 Å². The van der Waals surface area contributed by atoms with E-state index in [1.807, 2.05) is 0 Å². The molecule has 0 bridgehead atoms. The molecule has 0 aliphatic rings. The molecule has 120 valence electrons. The summed E-state index contributed by atoms with van der Waals surface area (Å²) in [5, 5.41) is 3.44. The standard InChI is InChI=1S/C16H14Cl2N2O3/c1-9(15(21)20-12-4-2-3-11(17)8-12)23-16(22)10-5-6-13(18)14(19)7-10/h2-9H,19H2,1H3,(H,20,21)/t9-/m1/s1. The Hall–Kier alpha value is -2.24. The fraction of sp³-hybridized carbons (Fsp3) is 0.125. The van der Waals surface area contributed by atoms with Gasteiger partial charge in [0.1, 0.15) is 0 Å². The molecule has 0 fully saturated rings. The number of esters is 1. The molecule has 2 rings (SSSR count). The summed E-state index contributed by atoms with van der Waals surface area (Å²) in [5.41, 5.74) is 6.63. The van der Waals surface area contributed by atoms with Gasteiger partial charge in [0.2, 0.25) is 0 Å². The van der Waals surface area contributed by atoms with E-state index in [-0.39, 0.29) is 11.3 Å². The van der Waals surface area contributed by atoms with Gasteiger partial charge in [0.05, 0.1) is 16.3 Å². The molecule has 0 heterocycles. The largest absolute Gasteiger partial charge is 0.449 e. The Kier molecular flexibility index (Phi) is 5.47. The Morgan fingerprint density at radius 3 is 2.57 bits per heavy atom. The van der Waals surface area contributed by atoms with Crippen molar-refractivity contribution in [2.24, 2.45) is 0 Å². The van der Waals surface area contributed by atoms with E-state index in [0.29, 0.717) is 15.7 Å². The van der Waals surface area contributed by atoms with E-state index < -0.39 is 18.0 Å². The van der Waals surface area contributed by atoms with Crippen LogP contribution in [0.5, 0.6) is 0 Å². The summed E-state index contributed by atoms with van der Waals surface area (Å²) in [4.78, 5) is 24.0. The molecule has 0 saturated heterocycles. The maximum Gasteiger partial charge on any atom is 0.338 e. The molecule has 0 radical (unpaired) electrons. The fourth-order valence-corrected chi connectivity index (χ4v) is 2.07. The van der Waals surface area contributed by atoms with Crippen molar-refractivity contribution >= 4 is 46.5 Å². The zero-order chi connectivity index (χ0) is 17.0. The highest BCUT2D eigenvalue weighted by Crippen LogP contribution is 2.20. The van der Waals surface area contributed by atoms with Gasteiger partial charge in [-0.1, -0.05) is 29.3 Å². The summed E-state index contributed by atoms with van der Waals surface area (Å²) in [6.07, 6.45) is -0.988. The Morgan fingerprint density at radius 2 is 1.91 bits per heavy atom. The predicted octanol–water partition coefficient (Wildman–Crippen LogP) is 3.76. The number of rotatable bonds is 4. The van der Waals surface area contributed by atoms with E-state index in [1.165, 1.54) is 25.1 Å². The first-order valence-corrected chi connectivity index (χ1v) is 7.45. The van der Waals surface area contributed by atoms with Crippen molar-refractivity contribution in [2.75, 3.05) is 11.1 Å². The van der Waals surface area contributed by atoms with Crippen LogP contribution in [0.2, 0.25) is 10.0 Å². The first-order chi connectivity index (χ1) is 10.9. The molecule has 2 aromatic rings. The number of nitrogens with two attached hydrogens (primary N) is 1. The molecule has 0 aliphatic carbocycles. The van der Waals surface area contributed by atoms with Gasteiger partial charge in [-0.15, -0.1) is 0 Å². The molecule has 0 saturated carbocycles. The van der Waals surface area contributed by atoms with Crippen molar-refractivity contribution in [1.82, 2.24) is 0 Å². The maximum atomic E-state index is 12.0. The van der Waals surface area contributed by atoms with Gasteiger partial charge in [0, 0.05) is 10.7 Å². The molecule has 3 N–H and O–H groups in total. The number of hydrogen-bond acceptors (Lipinski definition) is 4. The van der Waals surface area contributed by atoms with Gasteiger partial charge in [-0.2, -0.15) is 0 Å². The molecule has 5 nitrogen and oxygen atoms in total. The maximum absolute atomic E-state index is 12.0. The lowest BCUT2D eigenvalue weighted by atomic mass is 10.2. The molecule has 7 heteroatoms. The number of carbonyl (C=O) groups excluding carboxylic acids is 2. The molecule has 2 aromatic carbocycles. The molecular weight excluding hydrogens is 339 g/mol. The van der Waals surface area contributed by atoms with Gasteiger partial charge in [0.15, 0.2) is 6.10 Å². The van der Waals surface area contributed by atoms with Crippen LogP contribution < -0.4 is 11.1 Å². The molecule has 1 atom stereocenters. The lowest BCUT2D eigenvalue weighted by Crippen LogP contribution is -2.30. The third kappa shape index (κ3) is 4.61. The topological polar surface area (TPSA) is 81.4 Å². The summed E-state index contributed by atoms with van der Waals surface area (Å²) in [7, 11) is 0. The van der Waals surface area contributed by atoms with Gasteiger partial charge in [-0.3, -0.25) is 4.79 Å². The average Bonchev–Trinajstić information content (AvgIpc) is 2.49. The van der Waals surface area contributed by atoms with E-state index in [1.54, 1.807) is 24.3 Å². The van der Waals surface area contributed by atoms with Crippen LogP contribution >= 0.6 is 23.2 Å². The van der Waals surface area contributed by atoms with Crippen LogP contribution in [0, 0.1) is 0 Å². The number of halogens is 2. The van der Waals surface area contributed by atoms with Crippen LogP contribution in [0.25, 0.3) is 0 Å². The van der Waals surface area contributed by atoms with Gasteiger partial charge in [-0.05, 0) is 43.3 Å². The minimum Gasteiger partial charge on any atom is -0.449 e. The highest BCUT2D eigenvalue weighted by molar-refractivity contribution is 6.33. The van der Waals surface area contributed by atoms with E-state index in [4.69, 9.17) is 33.7 Å². The normalized spacial score (nSPS) is 11.6. The second-order valence-electron chi connectivity index (χ2n) is 4.78. The summed E-state index contributed by atoms with van der Waals surface area (Å²) in [6, 6.07) is 11.0. The second kappa shape index (κ2) is 7.35. The van der Waals surface area contributed by atoms with E-state index in [2.05, 4.69) is 5.32 Å².